The first-order valence-corrected chi connectivity index (χ1v) is 7.07. The van der Waals surface area contributed by atoms with Gasteiger partial charge in [-0.25, -0.2) is 0 Å². The minimum atomic E-state index is -0.238. The van der Waals surface area contributed by atoms with Gasteiger partial charge in [-0.15, -0.1) is 0 Å². The Labute approximate surface area is 111 Å². The molecule has 2 rings (SSSR count). The Kier molecular flexibility index (Phi) is 3.57. The number of likely N-dealkylation sites (tertiary alicyclic amines) is 1. The zero-order valence-electron chi connectivity index (χ0n) is 10.3. The highest BCUT2D eigenvalue weighted by molar-refractivity contribution is 9.09. The fourth-order valence-corrected chi connectivity index (χ4v) is 3.36. The van der Waals surface area contributed by atoms with E-state index in [2.05, 4.69) is 28.1 Å². The molecule has 17 heavy (non-hydrogen) atoms. The Morgan fingerprint density at radius 2 is 2.00 bits per heavy atom. The number of amides is 1. The van der Waals surface area contributed by atoms with Crippen LogP contribution in [-0.2, 0) is 11.3 Å². The molecule has 1 atom stereocenters. The molecule has 1 aliphatic heterocycles. The lowest BCUT2D eigenvalue weighted by Crippen LogP contribution is -2.31. The number of alkyl halides is 1. The second kappa shape index (κ2) is 4.81. The summed E-state index contributed by atoms with van der Waals surface area (Å²) in [4.78, 5) is 14.3. The maximum atomic E-state index is 12.3. The maximum Gasteiger partial charge on any atom is 0.228 e. The van der Waals surface area contributed by atoms with Crippen LogP contribution < -0.4 is 0 Å². The van der Waals surface area contributed by atoms with Crippen molar-refractivity contribution in [3.05, 3.63) is 35.9 Å². The molecule has 1 aromatic carbocycles. The number of benzene rings is 1. The van der Waals surface area contributed by atoms with Crippen molar-refractivity contribution >= 4 is 21.8 Å². The first-order valence-electron chi connectivity index (χ1n) is 5.95. The lowest BCUT2D eigenvalue weighted by Gasteiger charge is -2.21. The first kappa shape index (κ1) is 12.6. The lowest BCUT2D eigenvalue weighted by molar-refractivity contribution is -0.135. The molecule has 1 aromatic rings. The van der Waals surface area contributed by atoms with E-state index in [9.17, 15) is 4.79 Å². The van der Waals surface area contributed by atoms with Gasteiger partial charge in [-0.2, -0.15) is 0 Å². The Balaban J connectivity index is 2.12. The van der Waals surface area contributed by atoms with Crippen molar-refractivity contribution in [1.29, 1.82) is 0 Å². The molecule has 92 valence electrons. The van der Waals surface area contributed by atoms with E-state index in [1.165, 1.54) is 5.56 Å². The topological polar surface area (TPSA) is 20.3 Å². The Morgan fingerprint density at radius 1 is 1.35 bits per heavy atom. The molecule has 0 aromatic heterocycles. The summed E-state index contributed by atoms with van der Waals surface area (Å²) in [5.41, 5.74) is 0.963. The van der Waals surface area contributed by atoms with E-state index in [-0.39, 0.29) is 11.3 Å². The van der Waals surface area contributed by atoms with E-state index >= 15 is 0 Å². The number of nitrogens with zero attached hydrogens (tertiary/aromatic N) is 1. The van der Waals surface area contributed by atoms with Gasteiger partial charge in [0.1, 0.15) is 0 Å². The zero-order valence-corrected chi connectivity index (χ0v) is 11.9. The van der Waals surface area contributed by atoms with Crippen LogP contribution in [0, 0.1) is 11.3 Å². The summed E-state index contributed by atoms with van der Waals surface area (Å²) in [6.45, 7) is 5.68. The van der Waals surface area contributed by atoms with E-state index in [4.69, 9.17) is 0 Å². The molecule has 0 spiro atoms. The summed E-state index contributed by atoms with van der Waals surface area (Å²) in [5, 5.41) is 0.886. The molecule has 1 amide bonds. The Bertz CT molecular complexity index is 402. The van der Waals surface area contributed by atoms with Crippen molar-refractivity contribution in [2.45, 2.75) is 20.4 Å². The van der Waals surface area contributed by atoms with Crippen molar-refractivity contribution in [3.63, 3.8) is 0 Å². The van der Waals surface area contributed by atoms with Gasteiger partial charge in [-0.3, -0.25) is 4.79 Å². The van der Waals surface area contributed by atoms with Gasteiger partial charge in [-0.05, 0) is 5.56 Å². The number of carbonyl (C=O) groups excluding carboxylic acids is 1. The molecule has 1 unspecified atom stereocenters. The van der Waals surface area contributed by atoms with Crippen LogP contribution >= 0.6 is 15.9 Å². The van der Waals surface area contributed by atoms with Crippen molar-refractivity contribution in [1.82, 2.24) is 4.90 Å². The second-order valence-corrected chi connectivity index (χ2v) is 5.89. The number of carbonyl (C=O) groups is 1. The highest BCUT2D eigenvalue weighted by atomic mass is 79.9. The van der Waals surface area contributed by atoms with Gasteiger partial charge in [-0.1, -0.05) is 60.1 Å². The molecule has 3 heteroatoms. The van der Waals surface area contributed by atoms with Gasteiger partial charge >= 0.3 is 0 Å². The molecule has 0 radical (unpaired) electrons. The van der Waals surface area contributed by atoms with Crippen LogP contribution in [0.1, 0.15) is 19.4 Å². The second-order valence-electron chi connectivity index (χ2n) is 5.24. The van der Waals surface area contributed by atoms with Crippen LogP contribution in [0.15, 0.2) is 30.3 Å². The lowest BCUT2D eigenvalue weighted by atomic mass is 9.83. The van der Waals surface area contributed by atoms with Crippen molar-refractivity contribution < 1.29 is 4.79 Å². The average Bonchev–Trinajstić information content (AvgIpc) is 2.54. The van der Waals surface area contributed by atoms with Gasteiger partial charge in [0.2, 0.25) is 5.91 Å². The molecule has 1 fully saturated rings. The molecule has 0 aliphatic carbocycles. The number of hydrogen-bond acceptors (Lipinski definition) is 1. The van der Waals surface area contributed by atoms with Crippen LogP contribution in [0.25, 0.3) is 0 Å². The van der Waals surface area contributed by atoms with Gasteiger partial charge in [0.15, 0.2) is 0 Å². The highest BCUT2D eigenvalue weighted by Crippen LogP contribution is 2.38. The minimum absolute atomic E-state index is 0.238. The molecule has 1 aliphatic rings. The fraction of sp³-hybridized carbons (Fsp3) is 0.500. The standard InChI is InChI=1S/C14H18BrNO/c1-14(2)12(8-15)10-16(13(14)17)9-11-6-4-3-5-7-11/h3-7,12H,8-10H2,1-2H3. The number of hydrogen-bond donors (Lipinski definition) is 0. The predicted octanol–water partition coefficient (Wildman–Crippen LogP) is 3.07. The zero-order chi connectivity index (χ0) is 12.5. The maximum absolute atomic E-state index is 12.3. The van der Waals surface area contributed by atoms with Crippen molar-refractivity contribution in [3.8, 4) is 0 Å². The smallest absolute Gasteiger partial charge is 0.228 e. The third-order valence-electron chi connectivity index (χ3n) is 3.70. The Hall–Kier alpha value is -0.830. The van der Waals surface area contributed by atoms with Crippen LogP contribution in [0.4, 0.5) is 0 Å². The molecular formula is C14H18BrNO. The summed E-state index contributed by atoms with van der Waals surface area (Å²) >= 11 is 3.51. The monoisotopic (exact) mass is 295 g/mol. The SMILES string of the molecule is CC1(C)C(=O)N(Cc2ccccc2)CC1CBr. The number of halogens is 1. The third-order valence-corrected chi connectivity index (χ3v) is 4.48. The third kappa shape index (κ3) is 2.39. The van der Waals surface area contributed by atoms with E-state index in [0.29, 0.717) is 5.92 Å². The van der Waals surface area contributed by atoms with Crippen LogP contribution in [-0.4, -0.2) is 22.7 Å². The van der Waals surface area contributed by atoms with Gasteiger partial charge < -0.3 is 4.90 Å². The molecule has 0 N–H and O–H groups in total. The van der Waals surface area contributed by atoms with E-state index in [1.54, 1.807) is 0 Å². The molecule has 1 saturated heterocycles. The van der Waals surface area contributed by atoms with E-state index < -0.39 is 0 Å². The summed E-state index contributed by atoms with van der Waals surface area (Å²) in [6.07, 6.45) is 0. The molecular weight excluding hydrogens is 278 g/mol. The van der Waals surface area contributed by atoms with Crippen LogP contribution in [0.5, 0.6) is 0 Å². The summed E-state index contributed by atoms with van der Waals surface area (Å²) in [6, 6.07) is 10.2. The summed E-state index contributed by atoms with van der Waals surface area (Å²) in [7, 11) is 0. The van der Waals surface area contributed by atoms with Gasteiger partial charge in [0, 0.05) is 29.8 Å². The summed E-state index contributed by atoms with van der Waals surface area (Å²) < 4.78 is 0. The first-order chi connectivity index (χ1) is 8.05. The molecule has 2 nitrogen and oxygen atoms in total. The number of rotatable bonds is 3. The molecule has 1 heterocycles. The summed E-state index contributed by atoms with van der Waals surface area (Å²) in [5.74, 6) is 0.671. The predicted molar refractivity (Wildman–Crippen MR) is 72.9 cm³/mol. The fourth-order valence-electron chi connectivity index (χ4n) is 2.34. The van der Waals surface area contributed by atoms with E-state index in [0.717, 1.165) is 18.4 Å². The van der Waals surface area contributed by atoms with E-state index in [1.807, 2.05) is 36.9 Å². The van der Waals surface area contributed by atoms with Crippen molar-refractivity contribution in [2.24, 2.45) is 11.3 Å². The van der Waals surface area contributed by atoms with Crippen molar-refractivity contribution in [2.75, 3.05) is 11.9 Å². The Morgan fingerprint density at radius 3 is 2.53 bits per heavy atom. The minimum Gasteiger partial charge on any atom is -0.338 e. The average molecular weight is 296 g/mol. The van der Waals surface area contributed by atoms with Gasteiger partial charge in [0.25, 0.3) is 0 Å². The molecule has 0 saturated carbocycles. The highest BCUT2D eigenvalue weighted by Gasteiger charge is 2.46. The van der Waals surface area contributed by atoms with Crippen LogP contribution in [0.2, 0.25) is 0 Å². The largest absolute Gasteiger partial charge is 0.338 e. The normalized spacial score (nSPS) is 23.1. The quantitative estimate of drug-likeness (QED) is 0.785. The molecule has 0 bridgehead atoms. The van der Waals surface area contributed by atoms with Crippen LogP contribution in [0.3, 0.4) is 0 Å². The van der Waals surface area contributed by atoms with Gasteiger partial charge in [0.05, 0.1) is 0 Å².